The third-order valence-corrected chi connectivity index (χ3v) is 2.26. The second-order valence-corrected chi connectivity index (χ2v) is 3.60. The predicted octanol–water partition coefficient (Wildman–Crippen LogP) is 1.32. The first-order valence-corrected chi connectivity index (χ1v) is 5.74. The summed E-state index contributed by atoms with van der Waals surface area (Å²) in [6.07, 6.45) is 0.820. The average Bonchev–Trinajstić information content (AvgIpc) is 2.47. The molecule has 4 nitrogen and oxygen atoms in total. The van der Waals surface area contributed by atoms with Crippen LogP contribution in [0.4, 0.5) is 0 Å². The van der Waals surface area contributed by atoms with Crippen molar-refractivity contribution in [2.45, 2.75) is 6.61 Å². The summed E-state index contributed by atoms with van der Waals surface area (Å²) >= 11 is 0. The van der Waals surface area contributed by atoms with E-state index in [-0.39, 0.29) is 0 Å². The fourth-order valence-corrected chi connectivity index (χ4v) is 1.38. The molecule has 2 aromatic rings. The Hall–Kier alpha value is -2.11. The Morgan fingerprint density at radius 1 is 1.00 bits per heavy atom. The van der Waals surface area contributed by atoms with Crippen LogP contribution in [0.25, 0.3) is 0 Å². The summed E-state index contributed by atoms with van der Waals surface area (Å²) in [7, 11) is -0.750. The van der Waals surface area contributed by atoms with Gasteiger partial charge in [-0.1, -0.05) is 30.3 Å². The monoisotopic (exact) mass is 258 g/mol. The number of carbonyl (C=O) groups is 1. The van der Waals surface area contributed by atoms with Gasteiger partial charge in [0.05, 0.1) is 0 Å². The maximum absolute atomic E-state index is 10.5. The fraction of sp³-hybridized carbons (Fsp3) is 0.0714. The van der Waals surface area contributed by atoms with Crippen LogP contribution in [0, 0.1) is 0 Å². The van der Waals surface area contributed by atoms with E-state index in [0.29, 0.717) is 12.2 Å². The minimum absolute atomic E-state index is 0.543. The van der Waals surface area contributed by atoms with Gasteiger partial charge >= 0.3 is 7.69 Å². The zero-order valence-corrected chi connectivity index (χ0v) is 10.4. The number of hydrogen-bond donors (Lipinski definition) is 2. The molecule has 2 rings (SSSR count). The van der Waals surface area contributed by atoms with E-state index < -0.39 is 7.69 Å². The van der Waals surface area contributed by atoms with Crippen LogP contribution in [0.1, 0.15) is 15.9 Å². The highest BCUT2D eigenvalue weighted by molar-refractivity contribution is 6.13. The summed E-state index contributed by atoms with van der Waals surface area (Å²) in [6, 6.07) is 17.0. The van der Waals surface area contributed by atoms with Crippen LogP contribution in [0.15, 0.2) is 54.6 Å². The van der Waals surface area contributed by atoms with Crippen LogP contribution in [0.5, 0.6) is 5.75 Å². The maximum atomic E-state index is 10.5. The summed E-state index contributed by atoms with van der Waals surface area (Å²) < 4.78 is 5.58. The molecule has 0 aliphatic carbocycles. The topological polar surface area (TPSA) is 66.8 Å². The van der Waals surface area contributed by atoms with Crippen LogP contribution in [-0.4, -0.2) is 24.0 Å². The molecular weight excluding hydrogens is 243 g/mol. The van der Waals surface area contributed by atoms with Crippen LogP contribution in [0.2, 0.25) is 0 Å². The maximum Gasteiger partial charge on any atom is 0.432 e. The van der Waals surface area contributed by atoms with Crippen molar-refractivity contribution in [2.24, 2.45) is 0 Å². The highest BCUT2D eigenvalue weighted by atomic mass is 16.5. The molecular formula is C14H15BO4. The van der Waals surface area contributed by atoms with Crippen LogP contribution < -0.4 is 4.74 Å². The zero-order chi connectivity index (χ0) is 13.9. The van der Waals surface area contributed by atoms with Crippen molar-refractivity contribution >= 4 is 14.0 Å². The number of benzene rings is 2. The Labute approximate surface area is 112 Å². The number of rotatable bonds is 4. The molecule has 5 heteroatoms. The summed E-state index contributed by atoms with van der Waals surface area (Å²) in [6.45, 7) is 0.543. The van der Waals surface area contributed by atoms with Gasteiger partial charge in [-0.3, -0.25) is 4.79 Å². The molecule has 2 N–H and O–H groups in total. The van der Waals surface area contributed by atoms with Crippen molar-refractivity contribution in [1.82, 2.24) is 0 Å². The van der Waals surface area contributed by atoms with Gasteiger partial charge in [0.25, 0.3) is 0 Å². The first-order chi connectivity index (χ1) is 9.30. The SMILES string of the molecule is O=Cc1ccc(OCc2ccccc2)cc1.OBO. The lowest BCUT2D eigenvalue weighted by atomic mass is 10.2. The number of hydrogen-bond acceptors (Lipinski definition) is 4. The van der Waals surface area contributed by atoms with E-state index in [1.54, 1.807) is 24.3 Å². The number of ether oxygens (including phenoxy) is 1. The molecule has 0 fully saturated rings. The lowest BCUT2D eigenvalue weighted by Gasteiger charge is -2.05. The summed E-state index contributed by atoms with van der Waals surface area (Å²) in [4.78, 5) is 10.5. The van der Waals surface area contributed by atoms with E-state index in [2.05, 4.69) is 0 Å². The van der Waals surface area contributed by atoms with Crippen molar-refractivity contribution in [2.75, 3.05) is 0 Å². The van der Waals surface area contributed by atoms with Crippen molar-refractivity contribution < 1.29 is 19.6 Å². The molecule has 19 heavy (non-hydrogen) atoms. The minimum Gasteiger partial charge on any atom is -0.489 e. The third kappa shape index (κ3) is 5.85. The van der Waals surface area contributed by atoms with Crippen molar-refractivity contribution in [1.29, 1.82) is 0 Å². The molecule has 0 unspecified atom stereocenters. The summed E-state index contributed by atoms with van der Waals surface area (Å²) in [5, 5.41) is 14.2. The first-order valence-electron chi connectivity index (χ1n) is 5.74. The normalized spacial score (nSPS) is 8.95. The minimum atomic E-state index is -0.750. The molecule has 0 saturated carbocycles. The van der Waals surface area contributed by atoms with Gasteiger partial charge in [-0.05, 0) is 29.8 Å². The molecule has 0 aliphatic rings. The average molecular weight is 258 g/mol. The van der Waals surface area contributed by atoms with E-state index in [1.807, 2.05) is 30.3 Å². The molecule has 0 amide bonds. The molecule has 0 bridgehead atoms. The molecule has 0 radical (unpaired) electrons. The predicted molar refractivity (Wildman–Crippen MR) is 74.2 cm³/mol. The lowest BCUT2D eigenvalue weighted by Crippen LogP contribution is -1.94. The van der Waals surface area contributed by atoms with Gasteiger partial charge in [-0.15, -0.1) is 0 Å². The van der Waals surface area contributed by atoms with Crippen LogP contribution >= 0.6 is 0 Å². The lowest BCUT2D eigenvalue weighted by molar-refractivity contribution is 0.112. The van der Waals surface area contributed by atoms with E-state index in [4.69, 9.17) is 14.8 Å². The van der Waals surface area contributed by atoms with Crippen LogP contribution in [-0.2, 0) is 6.61 Å². The Bertz CT molecular complexity index is 471. The smallest absolute Gasteiger partial charge is 0.432 e. The largest absolute Gasteiger partial charge is 0.489 e. The molecule has 98 valence electrons. The Morgan fingerprint density at radius 2 is 1.58 bits per heavy atom. The van der Waals surface area contributed by atoms with E-state index in [9.17, 15) is 4.79 Å². The third-order valence-electron chi connectivity index (χ3n) is 2.26. The molecule has 0 heterocycles. The van der Waals surface area contributed by atoms with Crippen molar-refractivity contribution in [3.8, 4) is 5.75 Å². The van der Waals surface area contributed by atoms with Gasteiger partial charge in [0.1, 0.15) is 18.6 Å². The van der Waals surface area contributed by atoms with Gasteiger partial charge in [0.15, 0.2) is 0 Å². The molecule has 0 saturated heterocycles. The van der Waals surface area contributed by atoms with Gasteiger partial charge < -0.3 is 14.8 Å². The van der Waals surface area contributed by atoms with Gasteiger partial charge in [0, 0.05) is 5.56 Å². The van der Waals surface area contributed by atoms with Gasteiger partial charge in [0.2, 0.25) is 0 Å². The van der Waals surface area contributed by atoms with Crippen molar-refractivity contribution in [3.05, 3.63) is 65.7 Å². The highest BCUT2D eigenvalue weighted by Crippen LogP contribution is 2.13. The fourth-order valence-electron chi connectivity index (χ4n) is 1.38. The second-order valence-electron chi connectivity index (χ2n) is 3.60. The van der Waals surface area contributed by atoms with E-state index >= 15 is 0 Å². The second kappa shape index (κ2) is 8.91. The van der Waals surface area contributed by atoms with E-state index in [1.165, 1.54) is 0 Å². The van der Waals surface area contributed by atoms with E-state index in [0.717, 1.165) is 17.6 Å². The summed E-state index contributed by atoms with van der Waals surface area (Å²) in [5.41, 5.74) is 1.79. The highest BCUT2D eigenvalue weighted by Gasteiger charge is 1.95. The molecule has 0 spiro atoms. The first kappa shape index (κ1) is 15.0. The molecule has 0 aromatic heterocycles. The molecule has 0 atom stereocenters. The van der Waals surface area contributed by atoms with Crippen LogP contribution in [0.3, 0.4) is 0 Å². The van der Waals surface area contributed by atoms with Gasteiger partial charge in [-0.2, -0.15) is 0 Å². The number of aldehydes is 1. The Kier molecular flexibility index (Phi) is 7.01. The molecule has 0 aliphatic heterocycles. The zero-order valence-electron chi connectivity index (χ0n) is 10.4. The Morgan fingerprint density at radius 3 is 2.11 bits per heavy atom. The Balaban J connectivity index is 0.000000550. The summed E-state index contributed by atoms with van der Waals surface area (Å²) in [5.74, 6) is 0.773. The molecule has 2 aromatic carbocycles. The van der Waals surface area contributed by atoms with Gasteiger partial charge in [-0.25, -0.2) is 0 Å². The van der Waals surface area contributed by atoms with Crippen molar-refractivity contribution in [3.63, 3.8) is 0 Å². The standard InChI is InChI=1S/C14H12O2.BH3O2/c15-10-12-6-8-14(9-7-12)16-11-13-4-2-1-3-5-13;2-1-3/h1-10H,11H2;1-3H. The number of carbonyl (C=O) groups excluding carboxylic acids is 1. The quantitative estimate of drug-likeness (QED) is 0.641.